The summed E-state index contributed by atoms with van der Waals surface area (Å²) >= 11 is 0. The first-order valence-corrected chi connectivity index (χ1v) is 7.86. The lowest BCUT2D eigenvalue weighted by atomic mass is 10.1. The monoisotopic (exact) mass is 334 g/mol. The summed E-state index contributed by atoms with van der Waals surface area (Å²) in [4.78, 5) is 24.5. The highest BCUT2D eigenvalue weighted by atomic mass is 16.3. The zero-order valence-electron chi connectivity index (χ0n) is 14.0. The van der Waals surface area contributed by atoms with Crippen LogP contribution >= 0.6 is 0 Å². The van der Waals surface area contributed by atoms with Crippen LogP contribution in [0.15, 0.2) is 65.3 Å². The number of amides is 2. The average molecular weight is 334 g/mol. The maximum Gasteiger partial charge on any atom is 0.291 e. The summed E-state index contributed by atoms with van der Waals surface area (Å²) in [6, 6.07) is 15.9. The highest BCUT2D eigenvalue weighted by Crippen LogP contribution is 2.19. The Bertz CT molecular complexity index is 914. The van der Waals surface area contributed by atoms with Gasteiger partial charge in [0.05, 0.1) is 6.26 Å². The van der Waals surface area contributed by atoms with Crippen molar-refractivity contribution < 1.29 is 14.0 Å². The van der Waals surface area contributed by atoms with Gasteiger partial charge in [0, 0.05) is 16.9 Å². The fourth-order valence-corrected chi connectivity index (χ4v) is 2.40. The van der Waals surface area contributed by atoms with Crippen LogP contribution in [0.4, 0.5) is 11.4 Å². The summed E-state index contributed by atoms with van der Waals surface area (Å²) in [5.41, 5.74) is 3.81. The summed E-state index contributed by atoms with van der Waals surface area (Å²) in [5, 5.41) is 5.62. The molecule has 0 aliphatic carbocycles. The van der Waals surface area contributed by atoms with Crippen LogP contribution in [0.2, 0.25) is 0 Å². The third kappa shape index (κ3) is 3.95. The van der Waals surface area contributed by atoms with Gasteiger partial charge in [-0.3, -0.25) is 9.59 Å². The molecule has 2 N–H and O–H groups in total. The highest BCUT2D eigenvalue weighted by Gasteiger charge is 2.12. The van der Waals surface area contributed by atoms with Gasteiger partial charge in [-0.05, 0) is 61.4 Å². The van der Waals surface area contributed by atoms with Crippen molar-refractivity contribution in [2.45, 2.75) is 13.8 Å². The standard InChI is InChI=1S/C20H18N2O3/c1-13-8-9-14(2)17(11-13)22-19(23)15-5-3-6-16(12-15)21-20(24)18-7-4-10-25-18/h3-12H,1-2H3,(H,21,24)(H,22,23). The van der Waals surface area contributed by atoms with Gasteiger partial charge in [-0.15, -0.1) is 0 Å². The second-order valence-corrected chi connectivity index (χ2v) is 5.78. The van der Waals surface area contributed by atoms with E-state index in [1.807, 2.05) is 32.0 Å². The molecule has 0 unspecified atom stereocenters. The van der Waals surface area contributed by atoms with Crippen LogP contribution in [0, 0.1) is 13.8 Å². The van der Waals surface area contributed by atoms with Gasteiger partial charge in [-0.25, -0.2) is 0 Å². The Kier molecular flexibility index (Phi) is 4.66. The number of carbonyl (C=O) groups is 2. The minimum atomic E-state index is -0.364. The molecule has 25 heavy (non-hydrogen) atoms. The van der Waals surface area contributed by atoms with Gasteiger partial charge < -0.3 is 15.1 Å². The van der Waals surface area contributed by atoms with Crippen molar-refractivity contribution >= 4 is 23.2 Å². The minimum absolute atomic E-state index is 0.213. The summed E-state index contributed by atoms with van der Waals surface area (Å²) in [7, 11) is 0. The number of rotatable bonds is 4. The van der Waals surface area contributed by atoms with Gasteiger partial charge in [-0.2, -0.15) is 0 Å². The molecule has 0 spiro atoms. The van der Waals surface area contributed by atoms with Gasteiger partial charge >= 0.3 is 0 Å². The molecular formula is C20H18N2O3. The van der Waals surface area contributed by atoms with E-state index < -0.39 is 0 Å². The zero-order chi connectivity index (χ0) is 17.8. The highest BCUT2D eigenvalue weighted by molar-refractivity contribution is 6.07. The van der Waals surface area contributed by atoms with Gasteiger partial charge in [0.1, 0.15) is 0 Å². The lowest BCUT2D eigenvalue weighted by Crippen LogP contribution is -2.15. The molecule has 5 nitrogen and oxygen atoms in total. The largest absolute Gasteiger partial charge is 0.459 e. The first-order valence-electron chi connectivity index (χ1n) is 7.86. The maximum atomic E-state index is 12.5. The van der Waals surface area contributed by atoms with E-state index in [4.69, 9.17) is 4.42 Å². The fourth-order valence-electron chi connectivity index (χ4n) is 2.40. The molecule has 0 aliphatic rings. The molecule has 0 fully saturated rings. The predicted octanol–water partition coefficient (Wildman–Crippen LogP) is 4.40. The summed E-state index contributed by atoms with van der Waals surface area (Å²) in [6.07, 6.45) is 1.43. The van der Waals surface area contributed by atoms with Crippen LogP contribution in [0.3, 0.4) is 0 Å². The predicted molar refractivity (Wildman–Crippen MR) is 97.0 cm³/mol. The Morgan fingerprint density at radius 3 is 2.48 bits per heavy atom. The van der Waals surface area contributed by atoms with E-state index in [2.05, 4.69) is 10.6 Å². The second-order valence-electron chi connectivity index (χ2n) is 5.78. The number of furan rings is 1. The van der Waals surface area contributed by atoms with Gasteiger partial charge in [0.25, 0.3) is 11.8 Å². The molecule has 5 heteroatoms. The fraction of sp³-hybridized carbons (Fsp3) is 0.100. The summed E-state index contributed by atoms with van der Waals surface area (Å²) in [6.45, 7) is 3.91. The number of nitrogens with one attached hydrogen (secondary N) is 2. The van der Waals surface area contributed by atoms with Crippen molar-refractivity contribution in [1.29, 1.82) is 0 Å². The molecule has 0 bridgehead atoms. The molecule has 0 saturated heterocycles. The molecule has 0 atom stereocenters. The molecule has 0 aliphatic heterocycles. The minimum Gasteiger partial charge on any atom is -0.459 e. The molecule has 3 rings (SSSR count). The normalized spacial score (nSPS) is 10.3. The number of carbonyl (C=O) groups excluding carboxylic acids is 2. The van der Waals surface area contributed by atoms with Crippen LogP contribution in [-0.4, -0.2) is 11.8 Å². The lowest BCUT2D eigenvalue weighted by molar-refractivity contribution is 0.0993. The lowest BCUT2D eigenvalue weighted by Gasteiger charge is -2.10. The molecule has 2 amide bonds. The van der Waals surface area contributed by atoms with Crippen molar-refractivity contribution in [2.24, 2.45) is 0 Å². The first kappa shape index (κ1) is 16.5. The Hall–Kier alpha value is -3.34. The topological polar surface area (TPSA) is 71.3 Å². The third-order valence-corrected chi connectivity index (χ3v) is 3.77. The molecule has 3 aromatic rings. The van der Waals surface area contributed by atoms with Crippen molar-refractivity contribution in [1.82, 2.24) is 0 Å². The van der Waals surface area contributed by atoms with Crippen LogP contribution < -0.4 is 10.6 Å². The van der Waals surface area contributed by atoms with E-state index in [9.17, 15) is 9.59 Å². The van der Waals surface area contributed by atoms with E-state index in [-0.39, 0.29) is 17.6 Å². The van der Waals surface area contributed by atoms with Crippen molar-refractivity contribution in [3.63, 3.8) is 0 Å². The van der Waals surface area contributed by atoms with Crippen molar-refractivity contribution in [3.05, 3.63) is 83.3 Å². The number of hydrogen-bond donors (Lipinski definition) is 2. The molecule has 1 heterocycles. The maximum absolute atomic E-state index is 12.5. The van der Waals surface area contributed by atoms with E-state index in [1.165, 1.54) is 6.26 Å². The number of aryl methyl sites for hydroxylation is 2. The van der Waals surface area contributed by atoms with Crippen LogP contribution in [-0.2, 0) is 0 Å². The smallest absolute Gasteiger partial charge is 0.291 e. The van der Waals surface area contributed by atoms with Gasteiger partial charge in [0.2, 0.25) is 0 Å². The Balaban J connectivity index is 1.75. The van der Waals surface area contributed by atoms with Gasteiger partial charge in [-0.1, -0.05) is 18.2 Å². The van der Waals surface area contributed by atoms with Crippen LogP contribution in [0.25, 0.3) is 0 Å². The molecule has 0 saturated carbocycles. The molecule has 0 radical (unpaired) electrons. The number of benzene rings is 2. The first-order chi connectivity index (χ1) is 12.0. The molecular weight excluding hydrogens is 316 g/mol. The molecule has 1 aromatic heterocycles. The summed E-state index contributed by atoms with van der Waals surface area (Å²) < 4.78 is 5.06. The Morgan fingerprint density at radius 1 is 0.880 bits per heavy atom. The quantitative estimate of drug-likeness (QED) is 0.743. The average Bonchev–Trinajstić information content (AvgIpc) is 3.13. The number of hydrogen-bond acceptors (Lipinski definition) is 3. The zero-order valence-corrected chi connectivity index (χ0v) is 14.0. The SMILES string of the molecule is Cc1ccc(C)c(NC(=O)c2cccc(NC(=O)c3ccco3)c2)c1. The Morgan fingerprint density at radius 2 is 1.72 bits per heavy atom. The van der Waals surface area contributed by atoms with Crippen LogP contribution in [0.1, 0.15) is 32.0 Å². The molecule has 126 valence electrons. The van der Waals surface area contributed by atoms with Gasteiger partial charge in [0.15, 0.2) is 5.76 Å². The van der Waals surface area contributed by atoms with E-state index in [1.54, 1.807) is 36.4 Å². The molecule has 2 aromatic carbocycles. The third-order valence-electron chi connectivity index (χ3n) is 3.77. The summed E-state index contributed by atoms with van der Waals surface area (Å²) in [5.74, 6) is -0.384. The van der Waals surface area contributed by atoms with Crippen molar-refractivity contribution in [3.8, 4) is 0 Å². The van der Waals surface area contributed by atoms with Crippen LogP contribution in [0.5, 0.6) is 0 Å². The van der Waals surface area contributed by atoms with E-state index in [0.29, 0.717) is 11.3 Å². The second kappa shape index (κ2) is 7.05. The van der Waals surface area contributed by atoms with E-state index >= 15 is 0 Å². The van der Waals surface area contributed by atoms with Crippen molar-refractivity contribution in [2.75, 3.05) is 10.6 Å². The number of anilines is 2. The Labute approximate surface area is 145 Å². The van der Waals surface area contributed by atoms with E-state index in [0.717, 1.165) is 16.8 Å².